The van der Waals surface area contributed by atoms with E-state index in [0.717, 1.165) is 28.2 Å². The van der Waals surface area contributed by atoms with Crippen LogP contribution in [0.4, 0.5) is 4.79 Å². The van der Waals surface area contributed by atoms with Gasteiger partial charge in [-0.3, -0.25) is 14.5 Å². The Morgan fingerprint density at radius 3 is 2.56 bits per heavy atom. The summed E-state index contributed by atoms with van der Waals surface area (Å²) in [4.78, 5) is 49.9. The van der Waals surface area contributed by atoms with Gasteiger partial charge in [-0.1, -0.05) is 12.1 Å². The lowest BCUT2D eigenvalue weighted by Crippen LogP contribution is -2.54. The summed E-state index contributed by atoms with van der Waals surface area (Å²) in [6.45, 7) is 5.09. The Hall–Kier alpha value is -3.88. The van der Waals surface area contributed by atoms with Crippen molar-refractivity contribution in [3.05, 3.63) is 59.4 Å². The molecule has 0 bridgehead atoms. The Bertz CT molecular complexity index is 1310. The third-order valence-corrected chi connectivity index (χ3v) is 7.53. The molecule has 0 radical (unpaired) electrons. The van der Waals surface area contributed by atoms with E-state index in [9.17, 15) is 14.4 Å². The van der Waals surface area contributed by atoms with Gasteiger partial charge in [0.15, 0.2) is 0 Å². The zero-order valence-electron chi connectivity index (χ0n) is 20.8. The molecule has 0 unspecified atom stereocenters. The van der Waals surface area contributed by atoms with E-state index in [1.54, 1.807) is 13.2 Å². The second-order valence-corrected chi connectivity index (χ2v) is 9.81. The van der Waals surface area contributed by atoms with E-state index in [1.807, 2.05) is 55.1 Å². The number of aromatic nitrogens is 2. The summed E-state index contributed by atoms with van der Waals surface area (Å²) in [6.07, 6.45) is 1.87. The van der Waals surface area contributed by atoms with Gasteiger partial charge in [-0.25, -0.2) is 9.78 Å². The number of nitrogens with zero attached hydrogens (tertiary/aromatic N) is 3. The number of nitrogens with one attached hydrogen (secondary N) is 2. The van der Waals surface area contributed by atoms with Gasteiger partial charge < -0.3 is 19.9 Å². The van der Waals surface area contributed by atoms with Gasteiger partial charge in [0.1, 0.15) is 17.1 Å². The largest absolute Gasteiger partial charge is 0.497 e. The second-order valence-electron chi connectivity index (χ2n) is 9.81. The Labute approximate surface area is 209 Å². The number of ether oxygens (including phenoxy) is 1. The van der Waals surface area contributed by atoms with Gasteiger partial charge in [-0.05, 0) is 74.9 Å². The molecule has 188 valence electrons. The molecule has 2 saturated heterocycles. The number of carbonyl (C=O) groups is 3. The molecule has 9 nitrogen and oxygen atoms in total. The molecule has 3 heterocycles. The first kappa shape index (κ1) is 23.8. The molecule has 1 atom stereocenters. The van der Waals surface area contributed by atoms with Gasteiger partial charge in [-0.15, -0.1) is 0 Å². The van der Waals surface area contributed by atoms with E-state index in [4.69, 9.17) is 4.74 Å². The maximum absolute atomic E-state index is 13.4. The SMILES string of the molecule is COc1ccc(CCN2C(=O)N[C@@](C)(C3CCN(C(=O)c4ccc5nc(C)[nH]c5c4)CC3)C2=O)cc1. The van der Waals surface area contributed by atoms with Gasteiger partial charge in [0.2, 0.25) is 0 Å². The normalized spacial score (nSPS) is 20.8. The quantitative estimate of drug-likeness (QED) is 0.517. The van der Waals surface area contributed by atoms with Gasteiger partial charge >= 0.3 is 6.03 Å². The molecule has 0 spiro atoms. The number of aryl methyl sites for hydroxylation is 1. The summed E-state index contributed by atoms with van der Waals surface area (Å²) in [6, 6.07) is 12.8. The van der Waals surface area contributed by atoms with Crippen molar-refractivity contribution in [2.24, 2.45) is 5.92 Å². The second kappa shape index (κ2) is 9.29. The van der Waals surface area contributed by atoms with Crippen LogP contribution >= 0.6 is 0 Å². The summed E-state index contributed by atoms with van der Waals surface area (Å²) in [5.74, 6) is 1.32. The average molecular weight is 490 g/mol. The number of hydrogen-bond acceptors (Lipinski definition) is 5. The first-order chi connectivity index (χ1) is 17.3. The highest BCUT2D eigenvalue weighted by atomic mass is 16.5. The number of piperidine rings is 1. The number of likely N-dealkylation sites (tertiary alicyclic amines) is 1. The van der Waals surface area contributed by atoms with E-state index < -0.39 is 5.54 Å². The van der Waals surface area contributed by atoms with Gasteiger partial charge in [0.05, 0.1) is 18.1 Å². The Morgan fingerprint density at radius 1 is 1.14 bits per heavy atom. The smallest absolute Gasteiger partial charge is 0.325 e. The third-order valence-electron chi connectivity index (χ3n) is 7.53. The fourth-order valence-corrected chi connectivity index (χ4v) is 5.34. The first-order valence-electron chi connectivity index (χ1n) is 12.3. The molecular weight excluding hydrogens is 458 g/mol. The van der Waals surface area contributed by atoms with Crippen LogP contribution in [-0.2, 0) is 11.2 Å². The first-order valence-corrected chi connectivity index (χ1v) is 12.3. The minimum absolute atomic E-state index is 0.0318. The fraction of sp³-hybridized carbons (Fsp3) is 0.407. The van der Waals surface area contributed by atoms with E-state index in [-0.39, 0.29) is 23.8 Å². The number of urea groups is 1. The van der Waals surface area contributed by atoms with Crippen LogP contribution in [0.2, 0.25) is 0 Å². The molecule has 4 amide bonds. The molecule has 3 aromatic rings. The minimum atomic E-state index is -0.960. The molecule has 2 aromatic carbocycles. The highest BCUT2D eigenvalue weighted by Crippen LogP contribution is 2.34. The van der Waals surface area contributed by atoms with E-state index in [2.05, 4.69) is 15.3 Å². The fourth-order valence-electron chi connectivity index (χ4n) is 5.34. The van der Waals surface area contributed by atoms with Crippen LogP contribution in [0, 0.1) is 12.8 Å². The molecule has 36 heavy (non-hydrogen) atoms. The number of imidazole rings is 1. The number of rotatable bonds is 6. The number of aromatic amines is 1. The number of H-pyrrole nitrogens is 1. The number of fused-ring (bicyclic) bond motifs is 1. The molecule has 0 saturated carbocycles. The number of hydrogen-bond donors (Lipinski definition) is 2. The van der Waals surface area contributed by atoms with E-state index >= 15 is 0 Å². The molecule has 5 rings (SSSR count). The van der Waals surface area contributed by atoms with Crippen LogP contribution in [0.1, 0.15) is 41.5 Å². The number of carbonyl (C=O) groups excluding carboxylic acids is 3. The van der Waals surface area contributed by atoms with Crippen LogP contribution in [-0.4, -0.2) is 69.9 Å². The van der Waals surface area contributed by atoms with Crippen molar-refractivity contribution in [2.75, 3.05) is 26.7 Å². The molecule has 0 aliphatic carbocycles. The Kier molecular flexibility index (Phi) is 6.15. The summed E-state index contributed by atoms with van der Waals surface area (Å²) >= 11 is 0. The van der Waals surface area contributed by atoms with Crippen molar-refractivity contribution in [3.8, 4) is 5.75 Å². The van der Waals surface area contributed by atoms with Crippen molar-refractivity contribution in [1.82, 2.24) is 25.1 Å². The molecule has 2 fully saturated rings. The number of benzene rings is 2. The highest BCUT2D eigenvalue weighted by molar-refractivity contribution is 6.07. The van der Waals surface area contributed by atoms with Crippen molar-refractivity contribution in [3.63, 3.8) is 0 Å². The minimum Gasteiger partial charge on any atom is -0.497 e. The number of imide groups is 1. The lowest BCUT2D eigenvalue weighted by molar-refractivity contribution is -0.133. The van der Waals surface area contributed by atoms with Crippen molar-refractivity contribution in [1.29, 1.82) is 0 Å². The van der Waals surface area contributed by atoms with Crippen molar-refractivity contribution < 1.29 is 19.1 Å². The van der Waals surface area contributed by atoms with Crippen LogP contribution in [0.15, 0.2) is 42.5 Å². The Morgan fingerprint density at radius 2 is 1.86 bits per heavy atom. The van der Waals surface area contributed by atoms with Crippen molar-refractivity contribution >= 4 is 28.9 Å². The van der Waals surface area contributed by atoms with Crippen LogP contribution in [0.25, 0.3) is 11.0 Å². The summed E-state index contributed by atoms with van der Waals surface area (Å²) in [7, 11) is 1.62. The zero-order valence-corrected chi connectivity index (χ0v) is 20.8. The molecule has 2 N–H and O–H groups in total. The van der Waals surface area contributed by atoms with Gasteiger partial charge in [0, 0.05) is 25.2 Å². The molecule has 1 aromatic heterocycles. The summed E-state index contributed by atoms with van der Waals surface area (Å²) in [5, 5.41) is 2.96. The lowest BCUT2D eigenvalue weighted by Gasteiger charge is -2.39. The number of amides is 4. The highest BCUT2D eigenvalue weighted by Gasteiger charge is 2.52. The van der Waals surface area contributed by atoms with Crippen LogP contribution in [0.3, 0.4) is 0 Å². The van der Waals surface area contributed by atoms with E-state index in [1.165, 1.54) is 4.90 Å². The average Bonchev–Trinajstić information content (AvgIpc) is 3.37. The zero-order chi connectivity index (χ0) is 25.4. The van der Waals surface area contributed by atoms with Gasteiger partial charge in [-0.2, -0.15) is 0 Å². The maximum atomic E-state index is 13.4. The molecule has 9 heteroatoms. The standard InChI is InChI=1S/C27H31N5O4/c1-17-28-22-9-6-19(16-23(22)29-17)24(33)31-13-11-20(12-14-31)27(2)25(34)32(26(35)30-27)15-10-18-4-7-21(36-3)8-5-18/h4-9,16,20H,10-15H2,1-3H3,(H,28,29)(H,30,35)/t27-/m0/s1. The molecule has 2 aliphatic rings. The van der Waals surface area contributed by atoms with Crippen LogP contribution < -0.4 is 10.1 Å². The monoisotopic (exact) mass is 489 g/mol. The summed E-state index contributed by atoms with van der Waals surface area (Å²) in [5.41, 5.74) is 2.36. The number of methoxy groups -OCH3 is 1. The Balaban J connectivity index is 1.20. The third kappa shape index (κ3) is 4.29. The molecular formula is C27H31N5O4. The summed E-state index contributed by atoms with van der Waals surface area (Å²) < 4.78 is 5.18. The predicted octanol–water partition coefficient (Wildman–Crippen LogP) is 3.29. The maximum Gasteiger partial charge on any atom is 0.325 e. The predicted molar refractivity (Wildman–Crippen MR) is 135 cm³/mol. The lowest BCUT2D eigenvalue weighted by atomic mass is 9.78. The van der Waals surface area contributed by atoms with Gasteiger partial charge in [0.25, 0.3) is 11.8 Å². The van der Waals surface area contributed by atoms with Crippen LogP contribution in [0.5, 0.6) is 5.75 Å². The topological polar surface area (TPSA) is 108 Å². The molecule has 2 aliphatic heterocycles. The van der Waals surface area contributed by atoms with Crippen molar-refractivity contribution in [2.45, 2.75) is 38.6 Å². The van der Waals surface area contributed by atoms with E-state index in [0.29, 0.717) is 44.5 Å².